The summed E-state index contributed by atoms with van der Waals surface area (Å²) >= 11 is 3.19. The fraction of sp³-hybridized carbons (Fsp3) is 0.692. The van der Waals surface area contributed by atoms with E-state index < -0.39 is 15.6 Å². The highest BCUT2D eigenvalue weighted by molar-refractivity contribution is 9.10. The lowest BCUT2D eigenvalue weighted by Gasteiger charge is -2.23. The molecular weight excluding hydrogens is 344 g/mol. The molecule has 0 spiro atoms. The number of nitrogens with one attached hydrogen (secondary N) is 2. The standard InChI is InChI=1S/C13H21BrN2O3S/c1-4-13(2,3)16-20(17,18)11-7-10(19-12(11)14)8-15-9-5-6-9/h7,9,15-16H,4-6,8H2,1-3H3. The summed E-state index contributed by atoms with van der Waals surface area (Å²) in [5, 5.41) is 3.29. The molecule has 20 heavy (non-hydrogen) atoms. The lowest BCUT2D eigenvalue weighted by atomic mass is 10.0. The van der Waals surface area contributed by atoms with Crippen molar-refractivity contribution in [2.45, 2.75) is 63.1 Å². The quantitative estimate of drug-likeness (QED) is 0.780. The minimum Gasteiger partial charge on any atom is -0.452 e. The van der Waals surface area contributed by atoms with Gasteiger partial charge in [0.15, 0.2) is 4.67 Å². The summed E-state index contributed by atoms with van der Waals surface area (Å²) in [5.41, 5.74) is -0.484. The van der Waals surface area contributed by atoms with Crippen molar-refractivity contribution >= 4 is 26.0 Å². The van der Waals surface area contributed by atoms with Crippen molar-refractivity contribution in [1.82, 2.24) is 10.0 Å². The van der Waals surface area contributed by atoms with Crippen LogP contribution in [0.15, 0.2) is 20.0 Å². The van der Waals surface area contributed by atoms with E-state index in [4.69, 9.17) is 4.42 Å². The molecule has 1 aliphatic rings. The predicted octanol–water partition coefficient (Wildman–Crippen LogP) is 2.76. The van der Waals surface area contributed by atoms with Crippen LogP contribution < -0.4 is 10.0 Å². The number of hydrogen-bond donors (Lipinski definition) is 2. The first-order valence-corrected chi connectivity index (χ1v) is 9.07. The minimum atomic E-state index is -3.58. The number of rotatable bonds is 7. The SMILES string of the molecule is CCC(C)(C)NS(=O)(=O)c1cc(CNC2CC2)oc1Br. The number of halogens is 1. The Hall–Kier alpha value is -0.370. The lowest BCUT2D eigenvalue weighted by Crippen LogP contribution is -2.42. The first-order chi connectivity index (χ1) is 9.23. The average Bonchev–Trinajstić information content (AvgIpc) is 3.08. The van der Waals surface area contributed by atoms with Gasteiger partial charge in [-0.15, -0.1) is 0 Å². The summed E-state index contributed by atoms with van der Waals surface area (Å²) in [6, 6.07) is 2.13. The van der Waals surface area contributed by atoms with Gasteiger partial charge in [0.25, 0.3) is 0 Å². The maximum Gasteiger partial charge on any atom is 0.245 e. The molecular formula is C13H21BrN2O3S. The van der Waals surface area contributed by atoms with E-state index in [2.05, 4.69) is 26.0 Å². The van der Waals surface area contributed by atoms with E-state index in [0.717, 1.165) is 0 Å². The van der Waals surface area contributed by atoms with Crippen LogP contribution in [0.2, 0.25) is 0 Å². The monoisotopic (exact) mass is 364 g/mol. The lowest BCUT2D eigenvalue weighted by molar-refractivity contribution is 0.436. The van der Waals surface area contributed by atoms with Crippen LogP contribution in [0.25, 0.3) is 0 Å². The molecule has 0 saturated heterocycles. The Morgan fingerprint density at radius 3 is 2.65 bits per heavy atom. The zero-order valence-corrected chi connectivity index (χ0v) is 14.4. The second-order valence-corrected chi connectivity index (χ2v) is 8.22. The molecule has 0 aliphatic heterocycles. The van der Waals surface area contributed by atoms with Gasteiger partial charge in [0.2, 0.25) is 10.0 Å². The molecule has 0 radical (unpaired) electrons. The fourth-order valence-corrected chi connectivity index (χ4v) is 4.17. The molecule has 1 aromatic rings. The first-order valence-electron chi connectivity index (χ1n) is 6.79. The molecule has 0 aromatic carbocycles. The summed E-state index contributed by atoms with van der Waals surface area (Å²) in [5.74, 6) is 0.624. The van der Waals surface area contributed by atoms with Crippen LogP contribution in [0.1, 0.15) is 45.8 Å². The van der Waals surface area contributed by atoms with E-state index in [-0.39, 0.29) is 9.56 Å². The Labute approximate surface area is 128 Å². The number of hydrogen-bond acceptors (Lipinski definition) is 4. The molecule has 1 heterocycles. The van der Waals surface area contributed by atoms with E-state index in [0.29, 0.717) is 24.8 Å². The van der Waals surface area contributed by atoms with Gasteiger partial charge in [0, 0.05) is 17.6 Å². The third-order valence-corrected chi connectivity index (χ3v) is 5.99. The highest BCUT2D eigenvalue weighted by Gasteiger charge is 2.29. The average molecular weight is 365 g/mol. The van der Waals surface area contributed by atoms with Gasteiger partial charge in [-0.25, -0.2) is 13.1 Å². The molecule has 1 aliphatic carbocycles. The summed E-state index contributed by atoms with van der Waals surface area (Å²) < 4.78 is 33.1. The summed E-state index contributed by atoms with van der Waals surface area (Å²) in [4.78, 5) is 0.159. The molecule has 5 nitrogen and oxygen atoms in total. The zero-order chi connectivity index (χ0) is 15.0. The molecule has 0 unspecified atom stereocenters. The molecule has 0 amide bonds. The Bertz CT molecular complexity index is 576. The van der Waals surface area contributed by atoms with Gasteiger partial charge < -0.3 is 9.73 Å². The molecule has 2 N–H and O–H groups in total. The summed E-state index contributed by atoms with van der Waals surface area (Å²) in [7, 11) is -3.58. The van der Waals surface area contributed by atoms with Crippen molar-refractivity contribution in [2.75, 3.05) is 0 Å². The van der Waals surface area contributed by atoms with Crippen LogP contribution in [0.3, 0.4) is 0 Å². The normalized spacial score (nSPS) is 16.6. The maximum absolute atomic E-state index is 12.4. The number of sulfonamides is 1. The largest absolute Gasteiger partial charge is 0.452 e. The van der Waals surface area contributed by atoms with Gasteiger partial charge in [-0.2, -0.15) is 0 Å². The van der Waals surface area contributed by atoms with Crippen molar-refractivity contribution in [3.05, 3.63) is 16.5 Å². The van der Waals surface area contributed by atoms with Crippen molar-refractivity contribution in [3.63, 3.8) is 0 Å². The van der Waals surface area contributed by atoms with Gasteiger partial charge in [-0.1, -0.05) is 6.92 Å². The Morgan fingerprint density at radius 1 is 1.45 bits per heavy atom. The Morgan fingerprint density at radius 2 is 2.10 bits per heavy atom. The van der Waals surface area contributed by atoms with E-state index in [9.17, 15) is 8.42 Å². The van der Waals surface area contributed by atoms with E-state index >= 15 is 0 Å². The van der Waals surface area contributed by atoms with Crippen LogP contribution in [-0.4, -0.2) is 20.0 Å². The second-order valence-electron chi connectivity index (χ2n) is 5.85. The first kappa shape index (κ1) is 16.0. The van der Waals surface area contributed by atoms with Crippen LogP contribution >= 0.6 is 15.9 Å². The Balaban J connectivity index is 2.13. The highest BCUT2D eigenvalue weighted by Crippen LogP contribution is 2.28. The van der Waals surface area contributed by atoms with Crippen molar-refractivity contribution < 1.29 is 12.8 Å². The van der Waals surface area contributed by atoms with Crippen molar-refractivity contribution in [2.24, 2.45) is 0 Å². The third-order valence-electron chi connectivity index (χ3n) is 3.43. The second kappa shape index (κ2) is 5.79. The van der Waals surface area contributed by atoms with Crippen molar-refractivity contribution in [1.29, 1.82) is 0 Å². The molecule has 0 bridgehead atoms. The van der Waals surface area contributed by atoms with Crippen LogP contribution in [0.4, 0.5) is 0 Å². The molecule has 1 fully saturated rings. The summed E-state index contributed by atoms with van der Waals surface area (Å²) in [6.45, 7) is 6.20. The van der Waals surface area contributed by atoms with E-state index in [1.165, 1.54) is 12.8 Å². The summed E-state index contributed by atoms with van der Waals surface area (Å²) in [6.07, 6.45) is 3.07. The van der Waals surface area contributed by atoms with Gasteiger partial charge in [0.1, 0.15) is 10.7 Å². The van der Waals surface area contributed by atoms with Crippen molar-refractivity contribution in [3.8, 4) is 0 Å². The molecule has 0 atom stereocenters. The fourth-order valence-electron chi connectivity index (χ4n) is 1.69. The molecule has 114 valence electrons. The molecule has 2 rings (SSSR count). The minimum absolute atomic E-state index is 0.159. The molecule has 7 heteroatoms. The Kier molecular flexibility index (Phi) is 4.63. The van der Waals surface area contributed by atoms with Gasteiger partial charge in [-0.3, -0.25) is 0 Å². The molecule has 1 aromatic heterocycles. The molecule has 1 saturated carbocycles. The predicted molar refractivity (Wildman–Crippen MR) is 81.0 cm³/mol. The third kappa shape index (κ3) is 4.07. The highest BCUT2D eigenvalue weighted by atomic mass is 79.9. The van der Waals surface area contributed by atoms with Crippen LogP contribution in [0.5, 0.6) is 0 Å². The maximum atomic E-state index is 12.4. The van der Waals surface area contributed by atoms with Gasteiger partial charge in [0.05, 0.1) is 6.54 Å². The smallest absolute Gasteiger partial charge is 0.245 e. The number of furan rings is 1. The van der Waals surface area contributed by atoms with Gasteiger partial charge >= 0.3 is 0 Å². The topological polar surface area (TPSA) is 71.3 Å². The van der Waals surface area contributed by atoms with Crippen LogP contribution in [-0.2, 0) is 16.6 Å². The van der Waals surface area contributed by atoms with Gasteiger partial charge in [-0.05, 0) is 49.0 Å². The van der Waals surface area contributed by atoms with E-state index in [1.54, 1.807) is 6.07 Å². The zero-order valence-electron chi connectivity index (χ0n) is 12.0. The van der Waals surface area contributed by atoms with E-state index in [1.807, 2.05) is 20.8 Å². The van der Waals surface area contributed by atoms with Crippen LogP contribution in [0, 0.1) is 0 Å².